The van der Waals surface area contributed by atoms with Crippen molar-refractivity contribution in [2.45, 2.75) is 45.7 Å². The lowest BCUT2D eigenvalue weighted by atomic mass is 10.0. The third kappa shape index (κ3) is 4.60. The van der Waals surface area contributed by atoms with Crippen LogP contribution in [0.15, 0.2) is 47.5 Å². The quantitative estimate of drug-likeness (QED) is 0.685. The van der Waals surface area contributed by atoms with Crippen molar-refractivity contribution in [3.8, 4) is 0 Å². The van der Waals surface area contributed by atoms with Gasteiger partial charge in [-0.05, 0) is 56.0 Å². The first-order valence-corrected chi connectivity index (χ1v) is 10.7. The number of amides is 1. The van der Waals surface area contributed by atoms with Gasteiger partial charge in [0.25, 0.3) is 5.56 Å². The number of aromatic nitrogens is 2. The molecule has 1 aliphatic heterocycles. The van der Waals surface area contributed by atoms with Crippen molar-refractivity contribution in [3.05, 3.63) is 70.0 Å². The Morgan fingerprint density at radius 1 is 1.26 bits per heavy atom. The minimum Gasteiger partial charge on any atom is -0.367 e. The fourth-order valence-electron chi connectivity index (χ4n) is 4.20. The first-order valence-electron chi connectivity index (χ1n) is 10.7. The number of hydrogen-bond acceptors (Lipinski definition) is 4. The lowest BCUT2D eigenvalue weighted by molar-refractivity contribution is -0.122. The van der Waals surface area contributed by atoms with Crippen LogP contribution < -0.4 is 15.8 Å². The summed E-state index contributed by atoms with van der Waals surface area (Å²) in [4.78, 5) is 31.6. The summed E-state index contributed by atoms with van der Waals surface area (Å²) in [6, 6.07) is 10.6. The largest absolute Gasteiger partial charge is 0.367 e. The smallest absolute Gasteiger partial charge is 0.261 e. The van der Waals surface area contributed by atoms with Crippen molar-refractivity contribution in [1.29, 1.82) is 0 Å². The zero-order chi connectivity index (χ0) is 22.0. The summed E-state index contributed by atoms with van der Waals surface area (Å²) in [6.45, 7) is 5.47. The van der Waals surface area contributed by atoms with Crippen molar-refractivity contribution in [2.75, 3.05) is 18.0 Å². The Hall–Kier alpha value is -3.22. The number of halogens is 1. The molecule has 162 valence electrons. The number of rotatable bonds is 5. The van der Waals surface area contributed by atoms with E-state index in [2.05, 4.69) is 10.3 Å². The predicted molar refractivity (Wildman–Crippen MR) is 120 cm³/mol. The molecule has 0 aliphatic carbocycles. The Morgan fingerprint density at radius 3 is 2.94 bits per heavy atom. The van der Waals surface area contributed by atoms with Gasteiger partial charge in [-0.3, -0.25) is 14.2 Å². The van der Waals surface area contributed by atoms with Gasteiger partial charge in [0.2, 0.25) is 5.91 Å². The molecule has 6 nitrogen and oxygen atoms in total. The molecule has 2 heterocycles. The summed E-state index contributed by atoms with van der Waals surface area (Å²) in [7, 11) is 0. The second-order valence-corrected chi connectivity index (χ2v) is 8.27. The Labute approximate surface area is 180 Å². The van der Waals surface area contributed by atoms with Gasteiger partial charge in [0.15, 0.2) is 0 Å². The van der Waals surface area contributed by atoms with E-state index in [1.165, 1.54) is 17.0 Å². The van der Waals surface area contributed by atoms with E-state index in [4.69, 9.17) is 0 Å². The number of aryl methyl sites for hydroxylation is 3. The maximum Gasteiger partial charge on any atom is 0.261 e. The standard InChI is InChI=1S/C24H27FN4O2/c1-16-8-9-20(25)21(13-16)28-11-4-6-18(14-28)27-22(30)10-12-29-15-26-23-17(2)5-3-7-19(23)24(29)31/h3,5,7-9,13,15,18H,4,6,10-12,14H2,1-2H3,(H,27,30). The molecule has 2 aromatic carbocycles. The number of nitrogens with zero attached hydrogens (tertiary/aromatic N) is 3. The summed E-state index contributed by atoms with van der Waals surface area (Å²) in [5.41, 5.74) is 3.10. The molecule has 1 fully saturated rings. The third-order valence-electron chi connectivity index (χ3n) is 5.86. The fourth-order valence-corrected chi connectivity index (χ4v) is 4.20. The summed E-state index contributed by atoms with van der Waals surface area (Å²) >= 11 is 0. The lowest BCUT2D eigenvalue weighted by Crippen LogP contribution is -2.48. The second-order valence-electron chi connectivity index (χ2n) is 8.27. The molecule has 1 saturated heterocycles. The first-order chi connectivity index (χ1) is 14.9. The molecule has 0 radical (unpaired) electrons. The number of anilines is 1. The normalized spacial score (nSPS) is 16.5. The Balaban J connectivity index is 1.38. The number of benzene rings is 2. The summed E-state index contributed by atoms with van der Waals surface area (Å²) < 4.78 is 15.7. The molecule has 1 amide bonds. The highest BCUT2D eigenvalue weighted by Crippen LogP contribution is 2.24. The van der Waals surface area contributed by atoms with E-state index in [9.17, 15) is 14.0 Å². The average molecular weight is 423 g/mol. The summed E-state index contributed by atoms with van der Waals surface area (Å²) in [6.07, 6.45) is 3.43. The third-order valence-corrected chi connectivity index (χ3v) is 5.86. The molecule has 1 N–H and O–H groups in total. The van der Waals surface area contributed by atoms with Gasteiger partial charge in [-0.1, -0.05) is 18.2 Å². The van der Waals surface area contributed by atoms with Crippen LogP contribution in [0.1, 0.15) is 30.4 Å². The topological polar surface area (TPSA) is 67.2 Å². The minimum atomic E-state index is -0.240. The average Bonchev–Trinajstić information content (AvgIpc) is 2.76. The molecule has 1 aromatic heterocycles. The van der Waals surface area contributed by atoms with Crippen molar-refractivity contribution in [1.82, 2.24) is 14.9 Å². The lowest BCUT2D eigenvalue weighted by Gasteiger charge is -2.35. The molecule has 7 heteroatoms. The Bertz CT molecular complexity index is 1170. The van der Waals surface area contributed by atoms with E-state index in [0.29, 0.717) is 23.1 Å². The van der Waals surface area contributed by atoms with Crippen LogP contribution >= 0.6 is 0 Å². The van der Waals surface area contributed by atoms with Gasteiger partial charge >= 0.3 is 0 Å². The van der Waals surface area contributed by atoms with Gasteiger partial charge in [0.05, 0.1) is 22.9 Å². The maximum absolute atomic E-state index is 14.3. The number of nitrogens with one attached hydrogen (secondary N) is 1. The highest BCUT2D eigenvalue weighted by atomic mass is 19.1. The number of carbonyl (C=O) groups excluding carboxylic acids is 1. The molecule has 1 aliphatic rings. The molecular formula is C24H27FN4O2. The SMILES string of the molecule is Cc1ccc(F)c(N2CCCC(NC(=O)CCn3cnc4c(C)cccc4c3=O)C2)c1. The first kappa shape index (κ1) is 21.0. The van der Waals surface area contributed by atoms with Crippen molar-refractivity contribution in [3.63, 3.8) is 0 Å². The van der Waals surface area contributed by atoms with Crippen LogP contribution in [0.4, 0.5) is 10.1 Å². The maximum atomic E-state index is 14.3. The van der Waals surface area contributed by atoms with E-state index in [0.717, 1.165) is 30.5 Å². The van der Waals surface area contributed by atoms with Gasteiger partial charge in [-0.25, -0.2) is 9.37 Å². The molecule has 1 unspecified atom stereocenters. The molecule has 4 rings (SSSR count). The van der Waals surface area contributed by atoms with E-state index in [-0.39, 0.29) is 36.3 Å². The van der Waals surface area contributed by atoms with Crippen LogP contribution in [0.5, 0.6) is 0 Å². The summed E-state index contributed by atoms with van der Waals surface area (Å²) in [5.74, 6) is -0.358. The molecular weight excluding hydrogens is 395 g/mol. The van der Waals surface area contributed by atoms with Crippen LogP contribution in [0.25, 0.3) is 10.9 Å². The molecule has 3 aromatic rings. The Morgan fingerprint density at radius 2 is 2.10 bits per heavy atom. The van der Waals surface area contributed by atoms with Gasteiger partial charge in [0.1, 0.15) is 5.82 Å². The number of piperidine rings is 1. The monoisotopic (exact) mass is 422 g/mol. The van der Waals surface area contributed by atoms with Crippen molar-refractivity contribution < 1.29 is 9.18 Å². The number of hydrogen-bond donors (Lipinski definition) is 1. The highest BCUT2D eigenvalue weighted by Gasteiger charge is 2.23. The molecule has 31 heavy (non-hydrogen) atoms. The van der Waals surface area contributed by atoms with Gasteiger partial charge in [-0.15, -0.1) is 0 Å². The second kappa shape index (κ2) is 8.88. The van der Waals surface area contributed by atoms with Crippen LogP contribution in [0.3, 0.4) is 0 Å². The zero-order valence-corrected chi connectivity index (χ0v) is 17.9. The Kier molecular flexibility index (Phi) is 6.02. The molecule has 0 spiro atoms. The number of carbonyl (C=O) groups is 1. The highest BCUT2D eigenvalue weighted by molar-refractivity contribution is 5.80. The molecule has 0 bridgehead atoms. The van der Waals surface area contributed by atoms with Crippen LogP contribution in [-0.2, 0) is 11.3 Å². The van der Waals surface area contributed by atoms with Gasteiger partial charge < -0.3 is 10.2 Å². The van der Waals surface area contributed by atoms with Crippen LogP contribution in [0, 0.1) is 19.7 Å². The zero-order valence-electron chi connectivity index (χ0n) is 17.9. The van der Waals surface area contributed by atoms with E-state index in [1.807, 2.05) is 36.9 Å². The van der Waals surface area contributed by atoms with Crippen LogP contribution in [-0.4, -0.2) is 34.6 Å². The minimum absolute atomic E-state index is 0.0461. The van der Waals surface area contributed by atoms with E-state index < -0.39 is 0 Å². The molecule has 0 saturated carbocycles. The number of fused-ring (bicyclic) bond motifs is 1. The van der Waals surface area contributed by atoms with E-state index >= 15 is 0 Å². The van der Waals surface area contributed by atoms with Crippen molar-refractivity contribution in [2.24, 2.45) is 0 Å². The van der Waals surface area contributed by atoms with Crippen molar-refractivity contribution >= 4 is 22.5 Å². The van der Waals surface area contributed by atoms with Gasteiger partial charge in [-0.2, -0.15) is 0 Å². The van der Waals surface area contributed by atoms with Crippen LogP contribution in [0.2, 0.25) is 0 Å². The predicted octanol–water partition coefficient (Wildman–Crippen LogP) is 3.33. The fraction of sp³-hybridized carbons (Fsp3) is 0.375. The summed E-state index contributed by atoms with van der Waals surface area (Å²) in [5, 5.41) is 3.61. The van der Waals surface area contributed by atoms with Gasteiger partial charge in [0, 0.05) is 32.1 Å². The molecule has 1 atom stereocenters. The number of para-hydroxylation sites is 1. The van der Waals surface area contributed by atoms with E-state index in [1.54, 1.807) is 12.1 Å².